The van der Waals surface area contributed by atoms with Gasteiger partial charge in [-0.25, -0.2) is 9.48 Å². The number of benzene rings is 2. The Kier molecular flexibility index (Phi) is 7.20. The molecule has 1 fully saturated rings. The molecule has 1 aromatic heterocycles. The van der Waals surface area contributed by atoms with Crippen LogP contribution in [-0.4, -0.2) is 38.2 Å². The summed E-state index contributed by atoms with van der Waals surface area (Å²) >= 11 is 0. The molecule has 198 valence electrons. The number of piperidine rings is 1. The summed E-state index contributed by atoms with van der Waals surface area (Å²) in [6.07, 6.45) is -9.35. The summed E-state index contributed by atoms with van der Waals surface area (Å²) in [5, 5.41) is 4.52. The van der Waals surface area contributed by atoms with Crippen LogP contribution in [0.1, 0.15) is 58.6 Å². The van der Waals surface area contributed by atoms with Gasteiger partial charge in [-0.1, -0.05) is 30.3 Å². The molecule has 4 rings (SSSR count). The van der Waals surface area contributed by atoms with Gasteiger partial charge < -0.3 is 4.90 Å². The minimum absolute atomic E-state index is 0.00120. The summed E-state index contributed by atoms with van der Waals surface area (Å²) in [5.41, 5.74) is -3.11. The maximum absolute atomic E-state index is 13.2. The maximum Gasteiger partial charge on any atom is 0.416 e. The zero-order chi connectivity index (χ0) is 27.0. The highest BCUT2D eigenvalue weighted by molar-refractivity contribution is 5.94. The van der Waals surface area contributed by atoms with Gasteiger partial charge in [-0.15, -0.1) is 0 Å². The van der Waals surface area contributed by atoms with Crippen LogP contribution in [0.25, 0.3) is 0 Å². The van der Waals surface area contributed by atoms with Gasteiger partial charge in [-0.3, -0.25) is 9.36 Å². The van der Waals surface area contributed by atoms with Gasteiger partial charge in [0.05, 0.1) is 17.7 Å². The van der Waals surface area contributed by atoms with Crippen LogP contribution in [0.5, 0.6) is 0 Å². The summed E-state index contributed by atoms with van der Waals surface area (Å²) in [4.78, 5) is 27.0. The van der Waals surface area contributed by atoms with Crippen molar-refractivity contribution in [2.24, 2.45) is 0 Å². The molecule has 1 amide bonds. The molecular formula is C25H24F6N4O2. The van der Waals surface area contributed by atoms with Crippen LogP contribution in [-0.2, 0) is 25.4 Å². The lowest BCUT2D eigenvalue weighted by Crippen LogP contribution is -2.38. The van der Waals surface area contributed by atoms with Crippen LogP contribution in [0.15, 0.2) is 53.3 Å². The van der Waals surface area contributed by atoms with Crippen LogP contribution >= 0.6 is 0 Å². The largest absolute Gasteiger partial charge is 0.416 e. The predicted molar refractivity (Wildman–Crippen MR) is 122 cm³/mol. The standard InChI is InChI=1S/C25H24F6N4O2/c1-2-34-21(32-35(23(34)37)15-16-6-4-3-5-7-16)17-8-10-33(11-9-17)22(36)18-12-19(24(26,27)28)14-20(13-18)25(29,30)31/h3-7,12-14,17H,2,8-11,15H2,1H3. The van der Waals surface area contributed by atoms with Crippen LogP contribution in [0.4, 0.5) is 26.3 Å². The first-order valence-electron chi connectivity index (χ1n) is 11.7. The van der Waals surface area contributed by atoms with Crippen molar-refractivity contribution in [1.82, 2.24) is 19.2 Å². The average Bonchev–Trinajstić information content (AvgIpc) is 3.17. The van der Waals surface area contributed by atoms with Crippen molar-refractivity contribution >= 4 is 5.91 Å². The van der Waals surface area contributed by atoms with E-state index in [4.69, 9.17) is 0 Å². The third-order valence-electron chi connectivity index (χ3n) is 6.42. The highest BCUT2D eigenvalue weighted by Crippen LogP contribution is 2.37. The lowest BCUT2D eigenvalue weighted by Gasteiger charge is -2.32. The number of hydrogen-bond donors (Lipinski definition) is 0. The molecule has 0 atom stereocenters. The topological polar surface area (TPSA) is 60.1 Å². The number of carbonyl (C=O) groups excluding carboxylic acids is 1. The van der Waals surface area contributed by atoms with E-state index < -0.39 is 35.0 Å². The minimum atomic E-state index is -5.04. The van der Waals surface area contributed by atoms with Crippen LogP contribution in [0, 0.1) is 0 Å². The summed E-state index contributed by atoms with van der Waals surface area (Å²) in [5.74, 6) is -0.549. The number of rotatable bonds is 5. The molecule has 0 spiro atoms. The fraction of sp³-hybridized carbons (Fsp3) is 0.400. The van der Waals surface area contributed by atoms with E-state index in [0.29, 0.717) is 37.3 Å². The average molecular weight is 526 g/mol. The molecule has 2 aromatic carbocycles. The Morgan fingerprint density at radius 1 is 0.946 bits per heavy atom. The minimum Gasteiger partial charge on any atom is -0.339 e. The number of nitrogens with zero attached hydrogens (tertiary/aromatic N) is 4. The van der Waals surface area contributed by atoms with Crippen molar-refractivity contribution in [2.75, 3.05) is 13.1 Å². The van der Waals surface area contributed by atoms with E-state index in [0.717, 1.165) is 5.56 Å². The number of amides is 1. The molecule has 3 aromatic rings. The van der Waals surface area contributed by atoms with Crippen molar-refractivity contribution in [2.45, 2.75) is 51.1 Å². The Labute approximate surface area is 208 Å². The fourth-order valence-electron chi connectivity index (χ4n) is 4.52. The smallest absolute Gasteiger partial charge is 0.339 e. The van der Waals surface area contributed by atoms with E-state index in [9.17, 15) is 35.9 Å². The highest BCUT2D eigenvalue weighted by Gasteiger charge is 2.38. The number of hydrogen-bond acceptors (Lipinski definition) is 3. The number of aromatic nitrogens is 3. The lowest BCUT2D eigenvalue weighted by atomic mass is 9.95. The van der Waals surface area contributed by atoms with Gasteiger partial charge in [0, 0.05) is 31.1 Å². The Bertz CT molecular complexity index is 1290. The van der Waals surface area contributed by atoms with E-state index in [-0.39, 0.29) is 37.3 Å². The third-order valence-corrected chi connectivity index (χ3v) is 6.42. The molecule has 0 aliphatic carbocycles. The monoisotopic (exact) mass is 526 g/mol. The van der Waals surface area contributed by atoms with Crippen molar-refractivity contribution < 1.29 is 31.1 Å². The highest BCUT2D eigenvalue weighted by atomic mass is 19.4. The molecule has 0 radical (unpaired) electrons. The molecule has 0 unspecified atom stereocenters. The Morgan fingerprint density at radius 3 is 2.03 bits per heavy atom. The molecule has 0 saturated carbocycles. The van der Waals surface area contributed by atoms with E-state index in [2.05, 4.69) is 5.10 Å². The molecule has 6 nitrogen and oxygen atoms in total. The normalized spacial score (nSPS) is 15.3. The first-order valence-corrected chi connectivity index (χ1v) is 11.7. The SMILES string of the molecule is CCn1c(C2CCN(C(=O)c3cc(C(F)(F)F)cc(C(F)(F)F)c3)CC2)nn(Cc2ccccc2)c1=O. The Hall–Kier alpha value is -3.57. The van der Waals surface area contributed by atoms with E-state index in [1.165, 1.54) is 9.58 Å². The summed E-state index contributed by atoms with van der Waals surface area (Å²) < 4.78 is 82.1. The van der Waals surface area contributed by atoms with E-state index in [1.54, 1.807) is 4.57 Å². The second-order valence-corrected chi connectivity index (χ2v) is 8.89. The second kappa shape index (κ2) is 10.1. The quantitative estimate of drug-likeness (QED) is 0.431. The van der Waals surface area contributed by atoms with Crippen molar-refractivity contribution in [3.8, 4) is 0 Å². The number of carbonyl (C=O) groups is 1. The van der Waals surface area contributed by atoms with Crippen molar-refractivity contribution in [3.05, 3.63) is 87.1 Å². The number of halogens is 6. The first-order chi connectivity index (χ1) is 17.4. The summed E-state index contributed by atoms with van der Waals surface area (Å²) in [7, 11) is 0. The van der Waals surface area contributed by atoms with Crippen LogP contribution in [0.2, 0.25) is 0 Å². The molecule has 2 heterocycles. The summed E-state index contributed by atoms with van der Waals surface area (Å²) in [6, 6.07) is 10.2. The van der Waals surface area contributed by atoms with E-state index in [1.807, 2.05) is 37.3 Å². The van der Waals surface area contributed by atoms with Gasteiger partial charge in [-0.05, 0) is 43.5 Å². The molecule has 1 aliphatic heterocycles. The van der Waals surface area contributed by atoms with Gasteiger partial charge >= 0.3 is 18.0 Å². The van der Waals surface area contributed by atoms with Crippen LogP contribution < -0.4 is 5.69 Å². The third kappa shape index (κ3) is 5.72. The molecule has 12 heteroatoms. The van der Waals surface area contributed by atoms with Gasteiger partial charge in [0.2, 0.25) is 0 Å². The van der Waals surface area contributed by atoms with Gasteiger partial charge in [0.15, 0.2) is 0 Å². The maximum atomic E-state index is 13.2. The molecule has 0 N–H and O–H groups in total. The molecule has 0 bridgehead atoms. The molecule has 1 saturated heterocycles. The molecule has 37 heavy (non-hydrogen) atoms. The van der Waals surface area contributed by atoms with Gasteiger partial charge in [-0.2, -0.15) is 31.4 Å². The van der Waals surface area contributed by atoms with Gasteiger partial charge in [0.25, 0.3) is 5.91 Å². The molecule has 1 aliphatic rings. The zero-order valence-corrected chi connectivity index (χ0v) is 19.8. The van der Waals surface area contributed by atoms with Crippen molar-refractivity contribution in [3.63, 3.8) is 0 Å². The molecular weight excluding hydrogens is 502 g/mol. The van der Waals surface area contributed by atoms with Crippen molar-refractivity contribution in [1.29, 1.82) is 0 Å². The first kappa shape index (κ1) is 26.5. The number of alkyl halides is 6. The van der Waals surface area contributed by atoms with E-state index >= 15 is 0 Å². The predicted octanol–water partition coefficient (Wildman–Crippen LogP) is 5.17. The summed E-state index contributed by atoms with van der Waals surface area (Å²) in [6.45, 7) is 2.68. The number of likely N-dealkylation sites (tertiary alicyclic amines) is 1. The Balaban J connectivity index is 1.53. The zero-order valence-electron chi connectivity index (χ0n) is 19.8. The Morgan fingerprint density at radius 2 is 1.51 bits per heavy atom. The van der Waals surface area contributed by atoms with Gasteiger partial charge in [0.1, 0.15) is 5.82 Å². The second-order valence-electron chi connectivity index (χ2n) is 8.89. The lowest BCUT2D eigenvalue weighted by molar-refractivity contribution is -0.143. The fourth-order valence-corrected chi connectivity index (χ4v) is 4.52. The van der Waals surface area contributed by atoms with Crippen LogP contribution in [0.3, 0.4) is 0 Å².